The maximum absolute atomic E-state index is 12.3. The van der Waals surface area contributed by atoms with Crippen molar-refractivity contribution in [2.24, 2.45) is 0 Å². The van der Waals surface area contributed by atoms with Gasteiger partial charge in [-0.3, -0.25) is 4.90 Å². The molecule has 0 saturated carbocycles. The first-order chi connectivity index (χ1) is 9.27. The number of carbonyl (C=O) groups is 1. The number of hydrogen-bond donors (Lipinski definition) is 1. The van der Waals surface area contributed by atoms with Crippen LogP contribution in [0, 0.1) is 0 Å². The van der Waals surface area contributed by atoms with Crippen LogP contribution in [0.4, 0.5) is 10.5 Å². The van der Waals surface area contributed by atoms with E-state index in [0.717, 1.165) is 0 Å². The number of methoxy groups -OCH3 is 1. The Morgan fingerprint density at radius 2 is 2.00 bits per heavy atom. The third-order valence-electron chi connectivity index (χ3n) is 3.24. The predicted octanol–water partition coefficient (Wildman–Crippen LogP) is 2.62. The third-order valence-corrected chi connectivity index (χ3v) is 3.24. The number of ether oxygens (including phenoxy) is 2. The van der Waals surface area contributed by atoms with Crippen molar-refractivity contribution >= 4 is 11.8 Å². The van der Waals surface area contributed by atoms with Crippen LogP contribution in [-0.2, 0) is 15.3 Å². The zero-order valence-electron chi connectivity index (χ0n) is 12.3. The van der Waals surface area contributed by atoms with Gasteiger partial charge in [-0.1, -0.05) is 18.2 Å². The molecular weight excluding hydrogens is 258 g/mol. The number of rotatable bonds is 1. The highest BCUT2D eigenvalue weighted by molar-refractivity contribution is 5.89. The third kappa shape index (κ3) is 2.78. The molecule has 0 aromatic heterocycles. The Kier molecular flexibility index (Phi) is 3.75. The average molecular weight is 279 g/mol. The molecule has 20 heavy (non-hydrogen) atoms. The molecule has 0 fully saturated rings. The molecule has 1 aliphatic heterocycles. The van der Waals surface area contributed by atoms with E-state index in [1.807, 2.05) is 26.8 Å². The van der Waals surface area contributed by atoms with E-state index < -0.39 is 17.5 Å². The Bertz CT molecular complexity index is 509. The zero-order valence-corrected chi connectivity index (χ0v) is 12.3. The summed E-state index contributed by atoms with van der Waals surface area (Å²) >= 11 is 0. The minimum Gasteiger partial charge on any atom is -0.443 e. The highest BCUT2D eigenvalue weighted by Gasteiger charge is 2.40. The van der Waals surface area contributed by atoms with E-state index in [1.165, 1.54) is 12.0 Å². The number of amides is 1. The van der Waals surface area contributed by atoms with Gasteiger partial charge in [-0.25, -0.2) is 4.79 Å². The Morgan fingerprint density at radius 1 is 1.35 bits per heavy atom. The summed E-state index contributed by atoms with van der Waals surface area (Å²) in [4.78, 5) is 13.8. The molecule has 2 rings (SSSR count). The van der Waals surface area contributed by atoms with Crippen LogP contribution in [0.1, 0.15) is 32.8 Å². The van der Waals surface area contributed by atoms with E-state index in [1.54, 1.807) is 18.2 Å². The van der Waals surface area contributed by atoms with Crippen molar-refractivity contribution < 1.29 is 19.4 Å². The molecule has 0 spiro atoms. The van der Waals surface area contributed by atoms with Gasteiger partial charge in [-0.05, 0) is 26.8 Å². The van der Waals surface area contributed by atoms with Crippen molar-refractivity contribution in [2.45, 2.75) is 38.6 Å². The summed E-state index contributed by atoms with van der Waals surface area (Å²) < 4.78 is 10.6. The standard InChI is InChI=1S/C15H21NO4/c1-14(2,3)20-13(17)16-10-9-15(18,19-4)11-7-5-6-8-12(11)16/h5-8,18H,9-10H2,1-4H3/t15-/m1/s1. The molecule has 0 bridgehead atoms. The number of nitrogens with zero attached hydrogens (tertiary/aromatic N) is 1. The van der Waals surface area contributed by atoms with Crippen molar-refractivity contribution in [1.82, 2.24) is 0 Å². The molecule has 110 valence electrons. The molecule has 0 saturated heterocycles. The molecule has 5 nitrogen and oxygen atoms in total. The number of hydrogen-bond acceptors (Lipinski definition) is 4. The first-order valence-electron chi connectivity index (χ1n) is 6.64. The highest BCUT2D eigenvalue weighted by Crippen LogP contribution is 2.39. The Hall–Kier alpha value is -1.59. The number of anilines is 1. The maximum Gasteiger partial charge on any atom is 0.414 e. The van der Waals surface area contributed by atoms with E-state index in [2.05, 4.69) is 0 Å². The Morgan fingerprint density at radius 3 is 2.60 bits per heavy atom. The Balaban J connectivity index is 2.35. The summed E-state index contributed by atoms with van der Waals surface area (Å²) in [6.45, 7) is 5.82. The van der Waals surface area contributed by atoms with E-state index in [0.29, 0.717) is 24.2 Å². The molecule has 0 aliphatic carbocycles. The fourth-order valence-electron chi connectivity index (χ4n) is 2.28. The molecule has 1 N–H and O–H groups in total. The fourth-order valence-corrected chi connectivity index (χ4v) is 2.28. The van der Waals surface area contributed by atoms with Gasteiger partial charge in [0.1, 0.15) is 5.60 Å². The van der Waals surface area contributed by atoms with Gasteiger partial charge >= 0.3 is 6.09 Å². The van der Waals surface area contributed by atoms with E-state index in [9.17, 15) is 9.90 Å². The van der Waals surface area contributed by atoms with Crippen LogP contribution < -0.4 is 4.90 Å². The minimum atomic E-state index is -1.35. The normalized spacial score (nSPS) is 22.4. The maximum atomic E-state index is 12.3. The van der Waals surface area contributed by atoms with Gasteiger partial charge in [-0.2, -0.15) is 0 Å². The lowest BCUT2D eigenvalue weighted by molar-refractivity contribution is -0.199. The largest absolute Gasteiger partial charge is 0.443 e. The van der Waals surface area contributed by atoms with Gasteiger partial charge in [0.2, 0.25) is 0 Å². The van der Waals surface area contributed by atoms with Gasteiger partial charge in [0.15, 0.2) is 5.79 Å². The van der Waals surface area contributed by atoms with Crippen molar-refractivity contribution in [1.29, 1.82) is 0 Å². The van der Waals surface area contributed by atoms with Crippen molar-refractivity contribution in [3.63, 3.8) is 0 Å². The van der Waals surface area contributed by atoms with Crippen LogP contribution in [0.25, 0.3) is 0 Å². The van der Waals surface area contributed by atoms with Gasteiger partial charge in [0, 0.05) is 25.6 Å². The lowest BCUT2D eigenvalue weighted by Crippen LogP contribution is -2.46. The zero-order chi connectivity index (χ0) is 15.0. The lowest BCUT2D eigenvalue weighted by atomic mass is 9.95. The second kappa shape index (κ2) is 5.07. The quantitative estimate of drug-likeness (QED) is 0.803. The van der Waals surface area contributed by atoms with Crippen molar-refractivity contribution in [3.8, 4) is 0 Å². The van der Waals surface area contributed by atoms with Gasteiger partial charge in [-0.15, -0.1) is 0 Å². The van der Waals surface area contributed by atoms with Crippen LogP contribution in [-0.4, -0.2) is 30.5 Å². The number of carbonyl (C=O) groups excluding carboxylic acids is 1. The summed E-state index contributed by atoms with van der Waals surface area (Å²) in [5.41, 5.74) is 0.651. The van der Waals surface area contributed by atoms with Gasteiger partial charge < -0.3 is 14.6 Å². The first-order valence-corrected chi connectivity index (χ1v) is 6.64. The lowest BCUT2D eigenvalue weighted by Gasteiger charge is -2.39. The SMILES string of the molecule is CO[C@]1(O)CCN(C(=O)OC(C)(C)C)c2ccccc21. The molecule has 0 unspecified atom stereocenters. The second-order valence-electron chi connectivity index (χ2n) is 5.89. The summed E-state index contributed by atoms with van der Waals surface area (Å²) in [5, 5.41) is 10.5. The summed E-state index contributed by atoms with van der Waals surface area (Å²) in [6.07, 6.45) is -0.108. The van der Waals surface area contributed by atoms with Gasteiger partial charge in [0.05, 0.1) is 5.69 Å². The molecule has 1 atom stereocenters. The Labute approximate surface area is 119 Å². The molecule has 1 amide bonds. The summed E-state index contributed by atoms with van der Waals surface area (Å²) in [7, 11) is 1.46. The number of fused-ring (bicyclic) bond motifs is 1. The predicted molar refractivity (Wildman–Crippen MR) is 75.5 cm³/mol. The molecule has 1 aromatic rings. The molecule has 0 radical (unpaired) electrons. The van der Waals surface area contributed by atoms with Crippen LogP contribution in [0.5, 0.6) is 0 Å². The molecule has 1 heterocycles. The molecule has 1 aliphatic rings. The number of aliphatic hydroxyl groups is 1. The first kappa shape index (κ1) is 14.8. The summed E-state index contributed by atoms with van der Waals surface area (Å²) in [5.74, 6) is -1.35. The average Bonchev–Trinajstić information content (AvgIpc) is 2.37. The number of para-hydroxylation sites is 1. The van der Waals surface area contributed by atoms with Gasteiger partial charge in [0.25, 0.3) is 0 Å². The minimum absolute atomic E-state index is 0.305. The monoisotopic (exact) mass is 279 g/mol. The van der Waals surface area contributed by atoms with Crippen LogP contribution in [0.2, 0.25) is 0 Å². The van der Waals surface area contributed by atoms with Crippen molar-refractivity contribution in [3.05, 3.63) is 29.8 Å². The van der Waals surface area contributed by atoms with Crippen LogP contribution in [0.3, 0.4) is 0 Å². The van der Waals surface area contributed by atoms with E-state index in [-0.39, 0.29) is 0 Å². The fraction of sp³-hybridized carbons (Fsp3) is 0.533. The molecule has 1 aromatic carbocycles. The van der Waals surface area contributed by atoms with E-state index in [4.69, 9.17) is 9.47 Å². The molecule has 5 heteroatoms. The smallest absolute Gasteiger partial charge is 0.414 e. The second-order valence-corrected chi connectivity index (χ2v) is 5.89. The topological polar surface area (TPSA) is 59.0 Å². The highest BCUT2D eigenvalue weighted by atomic mass is 16.6. The number of benzene rings is 1. The molecular formula is C15H21NO4. The summed E-state index contributed by atoms with van der Waals surface area (Å²) in [6, 6.07) is 7.16. The van der Waals surface area contributed by atoms with Crippen LogP contribution >= 0.6 is 0 Å². The van der Waals surface area contributed by atoms with Crippen LogP contribution in [0.15, 0.2) is 24.3 Å². The van der Waals surface area contributed by atoms with Crippen molar-refractivity contribution in [2.75, 3.05) is 18.6 Å². The van der Waals surface area contributed by atoms with E-state index >= 15 is 0 Å².